The lowest BCUT2D eigenvalue weighted by Gasteiger charge is -2.16. The average molecular weight is 320 g/mol. The van der Waals surface area contributed by atoms with Gasteiger partial charge < -0.3 is 0 Å². The monoisotopic (exact) mass is 320 g/mol. The molecule has 0 radical (unpaired) electrons. The molecule has 0 saturated carbocycles. The van der Waals surface area contributed by atoms with Crippen molar-refractivity contribution in [2.45, 2.75) is 0 Å². The maximum atomic E-state index is 13.6. The summed E-state index contributed by atoms with van der Waals surface area (Å²) in [5.74, 6) is 0. The second-order valence-electron chi connectivity index (χ2n) is 3.42. The summed E-state index contributed by atoms with van der Waals surface area (Å²) in [6.45, 7) is 3.22. The Morgan fingerprint density at radius 2 is 1.06 bits per heavy atom. The van der Waals surface area contributed by atoms with Gasteiger partial charge in [-0.15, -0.1) is 21.3 Å². The second kappa shape index (κ2) is 4.05. The van der Waals surface area contributed by atoms with Crippen molar-refractivity contribution in [3.8, 4) is 0 Å². The van der Waals surface area contributed by atoms with Gasteiger partial charge in [0.25, 0.3) is 0 Å². The first kappa shape index (κ1) is 14.6. The van der Waals surface area contributed by atoms with Crippen molar-refractivity contribution in [3.63, 3.8) is 0 Å². The molecule has 0 N–H and O–H groups in total. The second-order valence-corrected chi connectivity index (χ2v) is 12.4. The van der Waals surface area contributed by atoms with Crippen LogP contribution in [-0.2, 0) is 0 Å². The fourth-order valence-electron chi connectivity index (χ4n) is 1.06. The van der Waals surface area contributed by atoms with Crippen LogP contribution in [0.15, 0.2) is 18.1 Å². The maximum Gasteiger partial charge on any atom is 0.423 e. The molecule has 0 aromatic heterocycles. The molecule has 0 spiro atoms. The molecule has 0 bridgehead atoms. The number of hydrogen-bond donors (Lipinski definition) is 0. The summed E-state index contributed by atoms with van der Waals surface area (Å²) in [6, 6.07) is 0. The van der Waals surface area contributed by atoms with Gasteiger partial charge in [0.05, 0.1) is 7.21 Å². The van der Waals surface area contributed by atoms with E-state index >= 15 is 0 Å². The molecule has 16 heavy (non-hydrogen) atoms. The molecule has 0 aromatic carbocycles. The normalized spacial score (nSPS) is 35.5. The van der Waals surface area contributed by atoms with Crippen molar-refractivity contribution in [1.29, 1.82) is 0 Å². The molecule has 0 fully saturated rings. The van der Waals surface area contributed by atoms with Crippen LogP contribution in [0.5, 0.6) is 0 Å². The topological polar surface area (TPSA) is 49.4 Å². The average Bonchev–Trinajstić information content (AvgIpc) is 1.67. The number of hydrogen-bond acceptors (Lipinski definition) is 4. The minimum absolute atomic E-state index is 0.787. The van der Waals surface area contributed by atoms with Gasteiger partial charge in [-0.05, 0) is 13.3 Å². The molecule has 0 saturated heterocycles. The summed E-state index contributed by atoms with van der Waals surface area (Å²) in [4.78, 5) is 0. The van der Waals surface area contributed by atoms with E-state index in [0.29, 0.717) is 0 Å². The Morgan fingerprint density at radius 3 is 1.56 bits per heavy atom. The summed E-state index contributed by atoms with van der Waals surface area (Å²) in [6.07, 6.45) is 0. The fraction of sp³-hybridized carbons (Fsp3) is 1.00. The maximum absolute atomic E-state index is 13.6. The number of rotatable bonds is 0. The van der Waals surface area contributed by atoms with Gasteiger partial charge in [-0.25, -0.2) is 4.52 Å². The molecule has 1 aliphatic heterocycles. The summed E-state index contributed by atoms with van der Waals surface area (Å²) < 4.78 is 76.2. The highest BCUT2D eigenvalue weighted by molar-refractivity contribution is 7.81. The van der Waals surface area contributed by atoms with Crippen LogP contribution in [-0.4, -0.2) is 20.0 Å². The summed E-state index contributed by atoms with van der Waals surface area (Å²) in [5, 5.41) is 0. The molecular formula is C3H9F5N4P4. The van der Waals surface area contributed by atoms with Crippen LogP contribution in [0.25, 0.3) is 0 Å². The van der Waals surface area contributed by atoms with Crippen LogP contribution >= 0.6 is 30.4 Å². The zero-order valence-corrected chi connectivity index (χ0v) is 12.0. The third-order valence-electron chi connectivity index (χ3n) is 1.19. The molecular weight excluding hydrogens is 311 g/mol. The van der Waals surface area contributed by atoms with Gasteiger partial charge >= 0.3 is 15.7 Å². The van der Waals surface area contributed by atoms with Crippen LogP contribution in [0.3, 0.4) is 0 Å². The lowest BCUT2D eigenvalue weighted by Crippen LogP contribution is -1.74. The smallest absolute Gasteiger partial charge is 0.213 e. The van der Waals surface area contributed by atoms with Crippen molar-refractivity contribution in [2.24, 2.45) is 18.1 Å². The lowest BCUT2D eigenvalue weighted by atomic mass is 11.9. The molecule has 13 heteroatoms. The molecule has 0 aromatic rings. The Balaban J connectivity index is 3.67. The van der Waals surface area contributed by atoms with E-state index in [-0.39, 0.29) is 0 Å². The molecule has 1 unspecified atom stereocenters. The van der Waals surface area contributed by atoms with E-state index in [0.717, 1.165) is 6.66 Å². The van der Waals surface area contributed by atoms with Crippen molar-refractivity contribution in [2.75, 3.05) is 20.0 Å². The highest BCUT2D eigenvalue weighted by Gasteiger charge is 2.33. The molecule has 1 rings (SSSR count). The van der Waals surface area contributed by atoms with Crippen molar-refractivity contribution >= 4 is 30.4 Å². The predicted octanol–water partition coefficient (Wildman–Crippen LogP) is 6.78. The highest BCUT2D eigenvalue weighted by Crippen LogP contribution is 2.79. The van der Waals surface area contributed by atoms with E-state index in [9.17, 15) is 21.0 Å². The molecule has 1 aliphatic rings. The van der Waals surface area contributed by atoms with Crippen molar-refractivity contribution in [1.82, 2.24) is 0 Å². The van der Waals surface area contributed by atoms with Gasteiger partial charge in [0.2, 0.25) is 7.52 Å². The first-order valence-corrected chi connectivity index (χ1v) is 11.4. The fourth-order valence-corrected chi connectivity index (χ4v) is 10.8. The SMILES string of the molecule is CP1(C)=NP(C)(F)=NP(F)(F)=NP(F)(F)=N1. The van der Waals surface area contributed by atoms with Gasteiger partial charge in [-0.2, -0.15) is 13.2 Å². The first-order valence-electron chi connectivity index (χ1n) is 3.79. The Hall–Kier alpha value is 0.570. The summed E-state index contributed by atoms with van der Waals surface area (Å²) in [5.41, 5.74) is 0. The van der Waals surface area contributed by atoms with Gasteiger partial charge in [-0.3, -0.25) is 0 Å². The summed E-state index contributed by atoms with van der Waals surface area (Å²) in [7, 11) is -18.2. The van der Waals surface area contributed by atoms with Crippen LogP contribution in [0.4, 0.5) is 21.0 Å². The minimum atomic E-state index is -5.65. The zero-order valence-electron chi connectivity index (χ0n) is 8.47. The van der Waals surface area contributed by atoms with Crippen LogP contribution in [0.1, 0.15) is 0 Å². The van der Waals surface area contributed by atoms with E-state index in [4.69, 9.17) is 0 Å². The summed E-state index contributed by atoms with van der Waals surface area (Å²) >= 11 is 0. The standard InChI is InChI=1S/C3H9F5N4P4/c1-13(2)9-14(3,4)11-16(7,8)12-15(5,6)10-13/h1-3H3. The van der Waals surface area contributed by atoms with E-state index in [1.807, 2.05) is 0 Å². The van der Waals surface area contributed by atoms with Crippen molar-refractivity contribution in [3.05, 3.63) is 0 Å². The van der Waals surface area contributed by atoms with Gasteiger partial charge in [0.15, 0.2) is 0 Å². The van der Waals surface area contributed by atoms with Gasteiger partial charge in [0.1, 0.15) is 0 Å². The molecule has 0 aliphatic carbocycles. The quantitative estimate of drug-likeness (QED) is 0.349. The number of nitrogens with zero attached hydrogens (tertiary/aromatic N) is 4. The van der Waals surface area contributed by atoms with Gasteiger partial charge in [0, 0.05) is 6.66 Å². The molecule has 96 valence electrons. The third-order valence-corrected chi connectivity index (χ3v) is 10.8. The van der Waals surface area contributed by atoms with E-state index in [2.05, 4.69) is 18.1 Å². The van der Waals surface area contributed by atoms with Crippen LogP contribution in [0.2, 0.25) is 0 Å². The predicted molar refractivity (Wildman–Crippen MR) is 60.7 cm³/mol. The largest absolute Gasteiger partial charge is 0.423 e. The molecule has 0 amide bonds. The molecule has 1 heterocycles. The number of halogens is 5. The molecule has 4 nitrogen and oxygen atoms in total. The Labute approximate surface area is 90.1 Å². The van der Waals surface area contributed by atoms with E-state index in [1.54, 1.807) is 0 Å². The van der Waals surface area contributed by atoms with Gasteiger partial charge in [-0.1, -0.05) is 0 Å². The zero-order chi connectivity index (χ0) is 12.8. The van der Waals surface area contributed by atoms with Crippen molar-refractivity contribution < 1.29 is 21.0 Å². The lowest BCUT2D eigenvalue weighted by molar-refractivity contribution is 0.702. The molecule has 1 atom stereocenters. The Kier molecular flexibility index (Phi) is 3.70. The Bertz CT molecular complexity index is 394. The van der Waals surface area contributed by atoms with E-state index < -0.39 is 30.4 Å². The minimum Gasteiger partial charge on any atom is -0.213 e. The Morgan fingerprint density at radius 1 is 0.625 bits per heavy atom. The third kappa shape index (κ3) is 4.44. The highest BCUT2D eigenvalue weighted by atomic mass is 31.3. The van der Waals surface area contributed by atoms with Crippen LogP contribution in [0, 0.1) is 0 Å². The first-order chi connectivity index (χ1) is 6.83. The van der Waals surface area contributed by atoms with Crippen LogP contribution < -0.4 is 0 Å². The van der Waals surface area contributed by atoms with E-state index in [1.165, 1.54) is 13.3 Å².